The number of amides is 1. The molecule has 3 aromatic rings. The molecule has 0 saturated carbocycles. The van der Waals surface area contributed by atoms with Gasteiger partial charge in [0.2, 0.25) is 0 Å². The SMILES string of the molecule is Cc1cc(/C=N/NC(=O)c2ccco2)c(C)n1-c1ccc(Cl)c(Cl)c1. The van der Waals surface area contributed by atoms with Crippen LogP contribution in [0.5, 0.6) is 0 Å². The highest BCUT2D eigenvalue weighted by molar-refractivity contribution is 6.42. The smallest absolute Gasteiger partial charge is 0.307 e. The van der Waals surface area contributed by atoms with Crippen LogP contribution in [0.25, 0.3) is 5.69 Å². The number of carbonyl (C=O) groups excluding carboxylic acids is 1. The van der Waals surface area contributed by atoms with E-state index in [-0.39, 0.29) is 5.76 Å². The number of nitrogens with one attached hydrogen (secondary N) is 1. The van der Waals surface area contributed by atoms with Gasteiger partial charge in [-0.15, -0.1) is 0 Å². The molecule has 0 spiro atoms. The zero-order valence-electron chi connectivity index (χ0n) is 13.6. The molecule has 7 heteroatoms. The quantitative estimate of drug-likeness (QED) is 0.527. The van der Waals surface area contributed by atoms with E-state index in [1.165, 1.54) is 6.26 Å². The van der Waals surface area contributed by atoms with Crippen LogP contribution in [0.4, 0.5) is 0 Å². The lowest BCUT2D eigenvalue weighted by molar-refractivity contribution is 0.0927. The summed E-state index contributed by atoms with van der Waals surface area (Å²) < 4.78 is 7.05. The van der Waals surface area contributed by atoms with Gasteiger partial charge in [0.15, 0.2) is 5.76 Å². The van der Waals surface area contributed by atoms with Gasteiger partial charge in [-0.2, -0.15) is 5.10 Å². The molecule has 2 heterocycles. The second-order valence-corrected chi connectivity index (χ2v) is 6.25. The number of nitrogens with zero attached hydrogens (tertiary/aromatic N) is 2. The van der Waals surface area contributed by atoms with Crippen molar-refractivity contribution in [2.75, 3.05) is 0 Å². The summed E-state index contributed by atoms with van der Waals surface area (Å²) in [6.07, 6.45) is 3.03. The van der Waals surface area contributed by atoms with Gasteiger partial charge in [0, 0.05) is 22.6 Å². The maximum Gasteiger partial charge on any atom is 0.307 e. The molecule has 0 aliphatic carbocycles. The van der Waals surface area contributed by atoms with Crippen molar-refractivity contribution in [3.8, 4) is 5.69 Å². The van der Waals surface area contributed by atoms with Crippen molar-refractivity contribution in [2.45, 2.75) is 13.8 Å². The molecule has 0 saturated heterocycles. The van der Waals surface area contributed by atoms with Crippen molar-refractivity contribution in [3.05, 3.63) is 75.4 Å². The number of carbonyl (C=O) groups is 1. The first-order valence-electron chi connectivity index (χ1n) is 7.48. The van der Waals surface area contributed by atoms with Crippen LogP contribution in [0.15, 0.2) is 52.2 Å². The summed E-state index contributed by atoms with van der Waals surface area (Å²) in [6.45, 7) is 3.94. The molecule has 0 bridgehead atoms. The van der Waals surface area contributed by atoms with Crippen LogP contribution in [-0.2, 0) is 0 Å². The number of aryl methyl sites for hydroxylation is 1. The number of benzene rings is 1. The molecule has 128 valence electrons. The van der Waals surface area contributed by atoms with Crippen LogP contribution in [0.2, 0.25) is 10.0 Å². The van der Waals surface area contributed by atoms with Crippen LogP contribution in [-0.4, -0.2) is 16.7 Å². The predicted octanol–water partition coefficient (Wildman–Crippen LogP) is 4.76. The Morgan fingerprint density at radius 2 is 2.00 bits per heavy atom. The van der Waals surface area contributed by atoms with Crippen molar-refractivity contribution in [1.82, 2.24) is 9.99 Å². The van der Waals surface area contributed by atoms with E-state index in [4.69, 9.17) is 27.6 Å². The van der Waals surface area contributed by atoms with Gasteiger partial charge in [-0.05, 0) is 50.2 Å². The Bertz CT molecular complexity index is 944. The molecule has 2 aromatic heterocycles. The van der Waals surface area contributed by atoms with E-state index in [0.717, 1.165) is 22.6 Å². The Morgan fingerprint density at radius 1 is 1.20 bits per heavy atom. The fourth-order valence-corrected chi connectivity index (χ4v) is 2.86. The van der Waals surface area contributed by atoms with Crippen LogP contribution in [0, 0.1) is 13.8 Å². The molecular weight excluding hydrogens is 361 g/mol. The second kappa shape index (κ2) is 7.17. The van der Waals surface area contributed by atoms with Gasteiger partial charge in [0.1, 0.15) is 0 Å². The molecule has 1 aromatic carbocycles. The number of rotatable bonds is 4. The van der Waals surface area contributed by atoms with E-state index in [1.807, 2.05) is 36.6 Å². The third-order valence-corrected chi connectivity index (χ3v) is 4.49. The van der Waals surface area contributed by atoms with E-state index >= 15 is 0 Å². The van der Waals surface area contributed by atoms with Crippen LogP contribution < -0.4 is 5.43 Å². The number of furan rings is 1. The Kier molecular flexibility index (Phi) is 4.97. The average molecular weight is 376 g/mol. The van der Waals surface area contributed by atoms with E-state index in [0.29, 0.717) is 10.0 Å². The number of hydrogen-bond acceptors (Lipinski definition) is 3. The van der Waals surface area contributed by atoms with Crippen molar-refractivity contribution in [1.29, 1.82) is 0 Å². The first-order chi connectivity index (χ1) is 12.0. The Labute approximate surface area is 154 Å². The van der Waals surface area contributed by atoms with E-state index < -0.39 is 5.91 Å². The molecule has 3 rings (SSSR count). The molecule has 0 aliphatic rings. The minimum atomic E-state index is -0.403. The summed E-state index contributed by atoms with van der Waals surface area (Å²) in [5.74, 6) is -0.196. The summed E-state index contributed by atoms with van der Waals surface area (Å²) in [4.78, 5) is 11.8. The Hall–Kier alpha value is -2.50. The molecule has 0 fully saturated rings. The fraction of sp³-hybridized carbons (Fsp3) is 0.111. The summed E-state index contributed by atoms with van der Waals surface area (Å²) >= 11 is 12.1. The second-order valence-electron chi connectivity index (χ2n) is 5.44. The fourth-order valence-electron chi connectivity index (χ4n) is 2.56. The number of aromatic nitrogens is 1. The molecule has 1 amide bonds. The molecular formula is C18H15Cl2N3O2. The van der Waals surface area contributed by atoms with Crippen molar-refractivity contribution >= 4 is 35.3 Å². The van der Waals surface area contributed by atoms with Crippen molar-refractivity contribution in [2.24, 2.45) is 5.10 Å². The zero-order chi connectivity index (χ0) is 18.0. The van der Waals surface area contributed by atoms with E-state index in [9.17, 15) is 4.79 Å². The minimum Gasteiger partial charge on any atom is -0.459 e. The molecule has 0 unspecified atom stereocenters. The molecule has 0 radical (unpaired) electrons. The molecule has 0 aliphatic heterocycles. The minimum absolute atomic E-state index is 0.207. The van der Waals surface area contributed by atoms with Gasteiger partial charge >= 0.3 is 5.91 Å². The maximum atomic E-state index is 11.8. The average Bonchev–Trinajstić information content (AvgIpc) is 3.20. The summed E-state index contributed by atoms with van der Waals surface area (Å²) in [7, 11) is 0. The van der Waals surface area contributed by atoms with Crippen LogP contribution in [0.1, 0.15) is 27.5 Å². The van der Waals surface area contributed by atoms with Gasteiger partial charge in [-0.25, -0.2) is 5.43 Å². The van der Waals surface area contributed by atoms with Gasteiger partial charge in [0.05, 0.1) is 22.5 Å². The van der Waals surface area contributed by atoms with Crippen LogP contribution >= 0.6 is 23.2 Å². The summed E-state index contributed by atoms with van der Waals surface area (Å²) in [5.41, 5.74) is 6.19. The molecule has 25 heavy (non-hydrogen) atoms. The molecule has 0 atom stereocenters. The lowest BCUT2D eigenvalue weighted by atomic mass is 10.2. The maximum absolute atomic E-state index is 11.8. The topological polar surface area (TPSA) is 59.5 Å². The normalized spacial score (nSPS) is 11.2. The first-order valence-corrected chi connectivity index (χ1v) is 8.24. The van der Waals surface area contributed by atoms with Gasteiger partial charge in [-0.3, -0.25) is 4.79 Å². The predicted molar refractivity (Wildman–Crippen MR) is 99.0 cm³/mol. The number of halogens is 2. The largest absolute Gasteiger partial charge is 0.459 e. The van der Waals surface area contributed by atoms with E-state index in [2.05, 4.69) is 10.5 Å². The molecule has 5 nitrogen and oxygen atoms in total. The lowest BCUT2D eigenvalue weighted by Gasteiger charge is -2.10. The third kappa shape index (κ3) is 3.62. The molecule has 1 N–H and O–H groups in total. The lowest BCUT2D eigenvalue weighted by Crippen LogP contribution is -2.16. The van der Waals surface area contributed by atoms with Crippen molar-refractivity contribution < 1.29 is 9.21 Å². The van der Waals surface area contributed by atoms with Crippen LogP contribution in [0.3, 0.4) is 0 Å². The Balaban J connectivity index is 1.83. The zero-order valence-corrected chi connectivity index (χ0v) is 15.1. The Morgan fingerprint density at radius 3 is 2.68 bits per heavy atom. The highest BCUT2D eigenvalue weighted by atomic mass is 35.5. The highest BCUT2D eigenvalue weighted by Crippen LogP contribution is 2.27. The van der Waals surface area contributed by atoms with Gasteiger partial charge in [-0.1, -0.05) is 23.2 Å². The summed E-state index contributed by atoms with van der Waals surface area (Å²) in [6, 6.07) is 10.7. The highest BCUT2D eigenvalue weighted by Gasteiger charge is 2.11. The van der Waals surface area contributed by atoms with Gasteiger partial charge in [0.25, 0.3) is 0 Å². The third-order valence-electron chi connectivity index (χ3n) is 3.75. The van der Waals surface area contributed by atoms with Gasteiger partial charge < -0.3 is 8.98 Å². The number of hydrazone groups is 1. The van der Waals surface area contributed by atoms with Crippen molar-refractivity contribution in [3.63, 3.8) is 0 Å². The standard InChI is InChI=1S/C18H15Cl2N3O2/c1-11-8-13(10-21-22-18(24)17-4-3-7-25-17)12(2)23(11)14-5-6-15(19)16(20)9-14/h3-10H,1-2H3,(H,22,24)/b21-10+. The monoisotopic (exact) mass is 375 g/mol. The van der Waals surface area contributed by atoms with E-state index in [1.54, 1.807) is 24.4 Å². The summed E-state index contributed by atoms with van der Waals surface area (Å²) in [5, 5.41) is 5.00. The first kappa shape index (κ1) is 17.3. The number of hydrogen-bond donors (Lipinski definition) is 1.